The van der Waals surface area contributed by atoms with Crippen molar-refractivity contribution in [1.29, 1.82) is 0 Å². The third kappa shape index (κ3) is 25.1. The molecule has 0 N–H and O–H groups in total. The molecule has 0 unspecified atom stereocenters. The number of hydrogen-bond acceptors (Lipinski definition) is 7. The summed E-state index contributed by atoms with van der Waals surface area (Å²) in [7, 11) is 35.8. The van der Waals surface area contributed by atoms with Crippen LogP contribution in [0.4, 0.5) is 34.1 Å². The Kier molecular flexibility index (Phi) is 35.2. The van der Waals surface area contributed by atoms with Gasteiger partial charge in [-0.1, -0.05) is 106 Å². The first-order valence-electron chi connectivity index (χ1n) is 42.7. The van der Waals surface area contributed by atoms with E-state index in [9.17, 15) is 0 Å². The van der Waals surface area contributed by atoms with Crippen LogP contribution in [-0.2, 0) is 40.6 Å². The summed E-state index contributed by atoms with van der Waals surface area (Å²) < 4.78 is 11.4. The van der Waals surface area contributed by atoms with E-state index in [-0.39, 0.29) is 6.10 Å². The molecule has 3 aliphatic rings. The second kappa shape index (κ2) is 45.0. The predicted octanol–water partition coefficient (Wildman–Crippen LogP) is 30.3. The number of halogens is 6. The summed E-state index contributed by atoms with van der Waals surface area (Å²) in [6.45, 7) is 67.4. The first kappa shape index (κ1) is 98.5. The summed E-state index contributed by atoms with van der Waals surface area (Å²) in [5, 5.41) is 4.85. The molecule has 3 aliphatic heterocycles. The van der Waals surface area contributed by atoms with Gasteiger partial charge < -0.3 is 29.4 Å². The third-order valence-electron chi connectivity index (χ3n) is 22.8. The van der Waals surface area contributed by atoms with E-state index in [0.717, 1.165) is 84.0 Å². The van der Waals surface area contributed by atoms with Crippen LogP contribution in [0.15, 0.2) is 212 Å². The van der Waals surface area contributed by atoms with Crippen LogP contribution >= 0.6 is 58.1 Å². The molecule has 3 fully saturated rings. The van der Waals surface area contributed by atoms with E-state index in [1.165, 1.54) is 173 Å². The van der Waals surface area contributed by atoms with Gasteiger partial charge in [0.15, 0.2) is 0 Å². The molecule has 0 atom stereocenters. The Morgan fingerprint density at radius 3 is 0.937 bits per heavy atom. The molecule has 7 nitrogen and oxygen atoms in total. The Labute approximate surface area is 793 Å². The Hall–Kier alpha value is -8.06. The summed E-state index contributed by atoms with van der Waals surface area (Å²) in [5.74, 6) is 0.850. The molecule has 0 aliphatic carbocycles. The molecule has 126 heavy (non-hydrogen) atoms. The van der Waals surface area contributed by atoms with Crippen molar-refractivity contribution >= 4 is 128 Å². The van der Waals surface area contributed by atoms with E-state index < -0.39 is 40.6 Å². The number of aryl methyl sites for hydroxylation is 19. The molecular formula is C110H121Cl6N6ORu3-5. The number of ether oxygens (including phenoxy) is 1. The minimum absolute atomic E-state index is 0.163. The minimum atomic E-state index is -1.95. The predicted molar refractivity (Wildman–Crippen MR) is 546 cm³/mol. The van der Waals surface area contributed by atoms with Gasteiger partial charge in [-0.25, -0.2) is 0 Å². The number of para-hydroxylation sites is 1. The fourth-order valence-electron chi connectivity index (χ4n) is 18.5. The van der Waals surface area contributed by atoms with Gasteiger partial charge in [-0.2, -0.15) is 20.0 Å². The first-order chi connectivity index (χ1) is 59.9. The second-order valence-corrected chi connectivity index (χ2v) is 51.0. The zero-order valence-corrected chi connectivity index (χ0v) is 86.6. The quantitative estimate of drug-likeness (QED) is 0.0839. The SMILES string of the molecule is CC(C)Oc1ccccc1[CH]=[Ru]([Cl])[Cl].Cc1cc(C)c(N2[CH-]N(c3c(C)cc(C)cc3C)CC2)c(C)c1.Cc1cc(C)c(N2[CH-]N(c3c(C)cc(C)cc3C)CC2)c(C)c1.Cc1cc(C)c(N2[CH-]N(c3c(C)cc(C)cc3C)CC2)c(C)c1.[CH2-]c1c([CH]=[Ru]([Cl])[Cl])cc2ccccc2c1-c1c(C)ccc2ccccc12.[CH2-]c1c([CH]=[Ru]([Cl])[Cl])cccc1-c1ccccc1. The molecule has 0 radical (unpaired) electrons. The van der Waals surface area contributed by atoms with Gasteiger partial charge >= 0.3 is 380 Å². The second-order valence-electron chi connectivity index (χ2n) is 33.9. The molecule has 3 saturated heterocycles. The van der Waals surface area contributed by atoms with Crippen LogP contribution < -0.4 is 34.1 Å². The monoisotopic (exact) mass is 2060 g/mol. The van der Waals surface area contributed by atoms with Crippen molar-refractivity contribution in [3.8, 4) is 28.0 Å². The number of anilines is 6. The van der Waals surface area contributed by atoms with E-state index in [1.807, 2.05) is 82.3 Å². The molecule has 0 saturated carbocycles. The number of benzene rings is 13. The van der Waals surface area contributed by atoms with Crippen molar-refractivity contribution in [2.75, 3.05) is 68.7 Å². The molecule has 13 aromatic rings. The fourth-order valence-corrected chi connectivity index (χ4v) is 24.0. The molecule has 3 heterocycles. The summed E-state index contributed by atoms with van der Waals surface area (Å²) in [5.41, 5.74) is 43.5. The van der Waals surface area contributed by atoms with Crippen LogP contribution in [0.25, 0.3) is 43.8 Å². The van der Waals surface area contributed by atoms with E-state index in [2.05, 4.69) is 353 Å². The van der Waals surface area contributed by atoms with Gasteiger partial charge in [-0.15, -0.1) is 0 Å². The molecule has 16 heteroatoms. The van der Waals surface area contributed by atoms with Crippen LogP contribution in [0.2, 0.25) is 0 Å². The van der Waals surface area contributed by atoms with Gasteiger partial charge in [0.05, 0.1) is 0 Å². The summed E-state index contributed by atoms with van der Waals surface area (Å²) in [6, 6.07) is 74.8. The van der Waals surface area contributed by atoms with E-state index >= 15 is 0 Å². The Morgan fingerprint density at radius 2 is 0.587 bits per heavy atom. The first-order valence-corrected chi connectivity index (χ1v) is 59.1. The van der Waals surface area contributed by atoms with Crippen molar-refractivity contribution in [3.05, 3.63) is 380 Å². The molecule has 13 aromatic carbocycles. The van der Waals surface area contributed by atoms with Crippen LogP contribution in [-0.4, -0.2) is 59.2 Å². The van der Waals surface area contributed by atoms with Crippen LogP contribution in [0.5, 0.6) is 5.75 Å². The Balaban J connectivity index is 0.000000148. The van der Waals surface area contributed by atoms with Crippen LogP contribution in [0.1, 0.15) is 147 Å². The molecule has 0 spiro atoms. The molecule has 0 amide bonds. The molecule has 16 rings (SSSR count). The van der Waals surface area contributed by atoms with E-state index in [0.29, 0.717) is 0 Å². The maximum atomic E-state index is 6.19. The molecular weight excluding hydrogens is 1940 g/mol. The normalized spacial score (nSPS) is 13.2. The fraction of sp³-hybridized carbons (Fsp3) is 0.255. The van der Waals surface area contributed by atoms with Crippen molar-refractivity contribution < 1.29 is 45.3 Å². The summed E-state index contributed by atoms with van der Waals surface area (Å²) >= 11 is -5.52. The molecule has 668 valence electrons. The maximum absolute atomic E-state index is 6.19. The topological polar surface area (TPSA) is 28.7 Å². The number of hydrogen-bond donors (Lipinski definition) is 0. The zero-order chi connectivity index (χ0) is 91.2. The number of rotatable bonds is 13. The van der Waals surface area contributed by atoms with Crippen molar-refractivity contribution in [1.82, 2.24) is 0 Å². The van der Waals surface area contributed by atoms with Crippen molar-refractivity contribution in [2.24, 2.45) is 0 Å². The average molecular weight is 2060 g/mol. The summed E-state index contributed by atoms with van der Waals surface area (Å²) in [4.78, 5) is 14.4. The Morgan fingerprint density at radius 1 is 0.294 bits per heavy atom. The number of nitrogens with zero attached hydrogens (tertiary/aromatic N) is 6. The van der Waals surface area contributed by atoms with E-state index in [1.54, 1.807) is 0 Å². The van der Waals surface area contributed by atoms with Gasteiger partial charge in [0.25, 0.3) is 0 Å². The van der Waals surface area contributed by atoms with E-state index in [4.69, 9.17) is 62.9 Å². The van der Waals surface area contributed by atoms with Crippen molar-refractivity contribution in [2.45, 2.75) is 152 Å². The van der Waals surface area contributed by atoms with Gasteiger partial charge in [0, 0.05) is 73.4 Å². The standard InChI is InChI=1S/C23H17.3C21H27N2.C14H11.C10H12O.6ClH.3Ru/c1-15-12-13-18-8-4-6-10-20(18)22(15)23-17(3)16(2)14-19-9-5-7-11-21(19)23;3*1-14-9-16(3)20(17(4)10-14)22-7-8-23(13-22)21-18(5)11-15(2)12-19(21)6;1-11-7-6-10-14(12(11)2)13-8-4-3-5-9-13;1-8(2)11-10-7-5-4-6-9(10)3;;;;;;;;;/h2,4-14H,3H2,1H3;3*9-13H,7-8H2,1-6H3;1,3-10H,2H2;3-8H,1-2H3;6*1H;;;/q5*-1;;;;;;;;3*+2/p-6. The zero-order valence-electron chi connectivity index (χ0n) is 76.8. The van der Waals surface area contributed by atoms with Gasteiger partial charge in [-0.05, 0) is 191 Å². The van der Waals surface area contributed by atoms with Crippen LogP contribution in [0, 0.1) is 165 Å². The third-order valence-corrected chi connectivity index (χ3v) is 28.3. The number of fused-ring (bicyclic) bond motifs is 2. The molecule has 0 aromatic heterocycles. The Bertz CT molecular complexity index is 5550. The van der Waals surface area contributed by atoms with Crippen molar-refractivity contribution in [3.63, 3.8) is 0 Å². The average Bonchev–Trinajstić information content (AvgIpc) is 1.17. The van der Waals surface area contributed by atoms with Gasteiger partial charge in [-0.3, -0.25) is 0 Å². The summed E-state index contributed by atoms with van der Waals surface area (Å²) in [6.07, 6.45) is 0.163. The molecule has 0 bridgehead atoms. The van der Waals surface area contributed by atoms with Gasteiger partial charge in [0.1, 0.15) is 0 Å². The van der Waals surface area contributed by atoms with Gasteiger partial charge in [0.2, 0.25) is 0 Å². The van der Waals surface area contributed by atoms with Crippen LogP contribution in [0.3, 0.4) is 0 Å².